The lowest BCUT2D eigenvalue weighted by Gasteiger charge is -2.08. The topological polar surface area (TPSA) is 57.6 Å². The van der Waals surface area contributed by atoms with Crippen LogP contribution in [0.1, 0.15) is 16.7 Å². The predicted octanol–water partition coefficient (Wildman–Crippen LogP) is 5.14. The van der Waals surface area contributed by atoms with E-state index in [1.54, 1.807) is 14.2 Å². The molecule has 0 unspecified atom stereocenters. The van der Waals surface area contributed by atoms with Crippen LogP contribution in [0.15, 0.2) is 40.8 Å². The van der Waals surface area contributed by atoms with E-state index < -0.39 is 0 Å². The molecule has 0 fully saturated rings. The number of nitrogens with two attached hydrogens (primary N) is 1. The lowest BCUT2D eigenvalue weighted by atomic mass is 10.0. The van der Waals surface area contributed by atoms with Crippen molar-refractivity contribution in [3.05, 3.63) is 53.1 Å². The third kappa shape index (κ3) is 2.95. The van der Waals surface area contributed by atoms with Gasteiger partial charge in [-0.1, -0.05) is 12.1 Å². The van der Waals surface area contributed by atoms with Gasteiger partial charge in [0.25, 0.3) is 0 Å². The van der Waals surface area contributed by atoms with Gasteiger partial charge in [0, 0.05) is 16.7 Å². The number of hydrogen-bond acceptors (Lipinski definition) is 4. The molecular weight excluding hydrogens is 314 g/mol. The van der Waals surface area contributed by atoms with Crippen molar-refractivity contribution in [3.63, 3.8) is 0 Å². The van der Waals surface area contributed by atoms with Gasteiger partial charge >= 0.3 is 0 Å². The van der Waals surface area contributed by atoms with Crippen LogP contribution in [0.4, 0.5) is 5.69 Å². The van der Waals surface area contributed by atoms with E-state index in [2.05, 4.69) is 32.0 Å². The van der Waals surface area contributed by atoms with Crippen LogP contribution in [0.25, 0.3) is 22.6 Å². The van der Waals surface area contributed by atoms with Crippen molar-refractivity contribution in [1.29, 1.82) is 0 Å². The van der Waals surface area contributed by atoms with Crippen molar-refractivity contribution in [2.24, 2.45) is 0 Å². The third-order valence-electron chi connectivity index (χ3n) is 4.61. The molecule has 4 nitrogen and oxygen atoms in total. The van der Waals surface area contributed by atoms with Crippen LogP contribution < -0.4 is 15.2 Å². The molecule has 2 aromatic carbocycles. The number of ether oxygens (including phenoxy) is 2. The SMILES string of the molecule is COc1ccc(-c2oc(-c3ccc(C)c(C)c3)c(C)c2N)cc1OC. The Labute approximate surface area is 148 Å². The summed E-state index contributed by atoms with van der Waals surface area (Å²) in [6.45, 7) is 6.17. The number of methoxy groups -OCH3 is 2. The van der Waals surface area contributed by atoms with E-state index in [0.29, 0.717) is 22.9 Å². The van der Waals surface area contributed by atoms with Crippen LogP contribution in [-0.2, 0) is 0 Å². The van der Waals surface area contributed by atoms with Crippen molar-refractivity contribution in [2.75, 3.05) is 20.0 Å². The summed E-state index contributed by atoms with van der Waals surface area (Å²) < 4.78 is 16.8. The number of hydrogen-bond donors (Lipinski definition) is 1. The third-order valence-corrected chi connectivity index (χ3v) is 4.61. The number of aryl methyl sites for hydroxylation is 2. The van der Waals surface area contributed by atoms with Gasteiger partial charge in [0.1, 0.15) is 5.76 Å². The van der Waals surface area contributed by atoms with Gasteiger partial charge in [-0.15, -0.1) is 0 Å². The van der Waals surface area contributed by atoms with Gasteiger partial charge in [-0.2, -0.15) is 0 Å². The highest BCUT2D eigenvalue weighted by atomic mass is 16.5. The molecule has 0 aliphatic carbocycles. The zero-order valence-electron chi connectivity index (χ0n) is 15.3. The number of rotatable bonds is 4. The first-order valence-electron chi connectivity index (χ1n) is 8.15. The molecule has 0 radical (unpaired) electrons. The Morgan fingerprint density at radius 1 is 0.760 bits per heavy atom. The summed E-state index contributed by atoms with van der Waals surface area (Å²) in [6.07, 6.45) is 0. The summed E-state index contributed by atoms with van der Waals surface area (Å²) in [5.74, 6) is 2.75. The quantitative estimate of drug-likeness (QED) is 0.716. The first-order valence-corrected chi connectivity index (χ1v) is 8.15. The number of anilines is 1. The van der Waals surface area contributed by atoms with Gasteiger partial charge in [0.05, 0.1) is 19.9 Å². The normalized spacial score (nSPS) is 10.8. The molecule has 0 bridgehead atoms. The minimum absolute atomic E-state index is 0.639. The maximum absolute atomic E-state index is 6.34. The highest BCUT2D eigenvalue weighted by Crippen LogP contribution is 2.41. The number of benzene rings is 2. The zero-order chi connectivity index (χ0) is 18.1. The standard InChI is InChI=1S/C21H23NO3/c1-12-6-7-15(10-13(12)2)20-14(3)19(22)21(25-20)16-8-9-17(23-4)18(11-16)24-5/h6-11H,22H2,1-5H3. The maximum atomic E-state index is 6.34. The van der Waals surface area contributed by atoms with Gasteiger partial charge in [-0.25, -0.2) is 0 Å². The Balaban J connectivity index is 2.12. The molecule has 0 atom stereocenters. The molecule has 0 aliphatic rings. The van der Waals surface area contributed by atoms with Crippen molar-refractivity contribution in [2.45, 2.75) is 20.8 Å². The highest BCUT2D eigenvalue weighted by Gasteiger charge is 2.19. The van der Waals surface area contributed by atoms with Crippen LogP contribution in [0.3, 0.4) is 0 Å². The Morgan fingerprint density at radius 2 is 1.40 bits per heavy atom. The Hall–Kier alpha value is -2.88. The van der Waals surface area contributed by atoms with E-state index in [1.165, 1.54) is 11.1 Å². The number of furan rings is 1. The lowest BCUT2D eigenvalue weighted by Crippen LogP contribution is -1.92. The van der Waals surface area contributed by atoms with Gasteiger partial charge in [0.15, 0.2) is 17.3 Å². The van der Waals surface area contributed by atoms with Gasteiger partial charge in [-0.3, -0.25) is 0 Å². The Bertz CT molecular complexity index is 925. The average Bonchev–Trinajstić information content (AvgIpc) is 2.92. The molecule has 0 spiro atoms. The first kappa shape index (κ1) is 17.0. The fourth-order valence-electron chi connectivity index (χ4n) is 2.88. The van der Waals surface area contributed by atoms with Gasteiger partial charge in [0.2, 0.25) is 0 Å². The van der Waals surface area contributed by atoms with E-state index >= 15 is 0 Å². The van der Waals surface area contributed by atoms with Crippen LogP contribution in [0.5, 0.6) is 11.5 Å². The largest absolute Gasteiger partial charge is 0.493 e. The molecule has 0 saturated heterocycles. The van der Waals surface area contributed by atoms with Crippen LogP contribution >= 0.6 is 0 Å². The molecule has 3 rings (SSSR count). The Kier molecular flexibility index (Phi) is 4.45. The summed E-state index contributed by atoms with van der Waals surface area (Å²) in [6, 6.07) is 11.9. The molecule has 3 aromatic rings. The van der Waals surface area contributed by atoms with E-state index in [-0.39, 0.29) is 0 Å². The molecule has 2 N–H and O–H groups in total. The summed E-state index contributed by atoms with van der Waals surface area (Å²) in [4.78, 5) is 0. The van der Waals surface area contributed by atoms with Crippen molar-refractivity contribution >= 4 is 5.69 Å². The molecule has 1 heterocycles. The average molecular weight is 337 g/mol. The maximum Gasteiger partial charge on any atom is 0.161 e. The van der Waals surface area contributed by atoms with E-state index in [1.807, 2.05) is 25.1 Å². The van der Waals surface area contributed by atoms with E-state index in [9.17, 15) is 0 Å². The minimum atomic E-state index is 0.639. The van der Waals surface area contributed by atoms with Crippen molar-refractivity contribution < 1.29 is 13.9 Å². The van der Waals surface area contributed by atoms with Gasteiger partial charge in [-0.05, 0) is 56.2 Å². The fourth-order valence-corrected chi connectivity index (χ4v) is 2.88. The number of nitrogen functional groups attached to an aromatic ring is 1. The zero-order valence-corrected chi connectivity index (χ0v) is 15.3. The molecule has 0 amide bonds. The lowest BCUT2D eigenvalue weighted by molar-refractivity contribution is 0.355. The molecular formula is C21H23NO3. The highest BCUT2D eigenvalue weighted by molar-refractivity contribution is 5.82. The smallest absolute Gasteiger partial charge is 0.161 e. The molecule has 4 heteroatoms. The van der Waals surface area contributed by atoms with Crippen LogP contribution in [0.2, 0.25) is 0 Å². The molecule has 0 aliphatic heterocycles. The van der Waals surface area contributed by atoms with Crippen LogP contribution in [0, 0.1) is 20.8 Å². The van der Waals surface area contributed by atoms with Crippen molar-refractivity contribution in [1.82, 2.24) is 0 Å². The van der Waals surface area contributed by atoms with Gasteiger partial charge < -0.3 is 19.6 Å². The van der Waals surface area contributed by atoms with Crippen LogP contribution in [-0.4, -0.2) is 14.2 Å². The second-order valence-electron chi connectivity index (χ2n) is 6.17. The summed E-state index contributed by atoms with van der Waals surface area (Å²) >= 11 is 0. The predicted molar refractivity (Wildman–Crippen MR) is 101 cm³/mol. The summed E-state index contributed by atoms with van der Waals surface area (Å²) in [5, 5.41) is 0. The summed E-state index contributed by atoms with van der Waals surface area (Å²) in [7, 11) is 3.22. The molecule has 25 heavy (non-hydrogen) atoms. The van der Waals surface area contributed by atoms with E-state index in [4.69, 9.17) is 19.6 Å². The molecule has 1 aromatic heterocycles. The second-order valence-corrected chi connectivity index (χ2v) is 6.17. The van der Waals surface area contributed by atoms with E-state index in [0.717, 1.165) is 22.5 Å². The second kappa shape index (κ2) is 6.55. The monoisotopic (exact) mass is 337 g/mol. The Morgan fingerprint density at radius 3 is 2.04 bits per heavy atom. The summed E-state index contributed by atoms with van der Waals surface area (Å²) in [5.41, 5.74) is 12.3. The fraction of sp³-hybridized carbons (Fsp3) is 0.238. The molecule has 0 saturated carbocycles. The van der Waals surface area contributed by atoms with Crippen molar-refractivity contribution in [3.8, 4) is 34.1 Å². The first-order chi connectivity index (χ1) is 12.0. The minimum Gasteiger partial charge on any atom is -0.493 e. The molecule has 130 valence electrons.